The Balaban J connectivity index is 1.72. The fourth-order valence-electron chi connectivity index (χ4n) is 2.77. The first kappa shape index (κ1) is 14.3. The summed E-state index contributed by atoms with van der Waals surface area (Å²) in [5, 5.41) is 3.32. The number of sulfone groups is 1. The lowest BCUT2D eigenvalue weighted by atomic mass is 9.82. The first-order valence-corrected chi connectivity index (χ1v) is 8.85. The van der Waals surface area contributed by atoms with Crippen LogP contribution < -0.4 is 5.32 Å². The lowest BCUT2D eigenvalue weighted by Gasteiger charge is -2.37. The molecule has 2 fully saturated rings. The second kappa shape index (κ2) is 5.47. The number of nitrogens with one attached hydrogen (secondary N) is 1. The molecule has 0 bridgehead atoms. The van der Waals surface area contributed by atoms with Crippen molar-refractivity contribution >= 4 is 9.84 Å². The predicted molar refractivity (Wildman–Crippen MR) is 74.5 cm³/mol. The van der Waals surface area contributed by atoms with Gasteiger partial charge in [-0.05, 0) is 44.3 Å². The molecule has 2 aliphatic rings. The van der Waals surface area contributed by atoms with Crippen molar-refractivity contribution in [2.45, 2.75) is 39.2 Å². The largest absolute Gasteiger partial charge is 0.312 e. The zero-order chi connectivity index (χ0) is 13.2. The van der Waals surface area contributed by atoms with E-state index in [0.717, 1.165) is 26.1 Å². The topological polar surface area (TPSA) is 49.4 Å². The van der Waals surface area contributed by atoms with Crippen LogP contribution in [0.4, 0.5) is 0 Å². The molecule has 1 unspecified atom stereocenters. The molecule has 0 amide bonds. The van der Waals surface area contributed by atoms with E-state index in [1.807, 2.05) is 0 Å². The van der Waals surface area contributed by atoms with Crippen LogP contribution in [-0.2, 0) is 9.84 Å². The predicted octanol–water partition coefficient (Wildman–Crippen LogP) is 0.885. The molecule has 2 heterocycles. The van der Waals surface area contributed by atoms with E-state index in [1.165, 1.54) is 12.8 Å². The summed E-state index contributed by atoms with van der Waals surface area (Å²) in [4.78, 5) is 2.48. The lowest BCUT2D eigenvalue weighted by Crippen LogP contribution is -2.47. The van der Waals surface area contributed by atoms with Crippen molar-refractivity contribution in [2.75, 3.05) is 37.7 Å². The van der Waals surface area contributed by atoms with E-state index in [4.69, 9.17) is 0 Å². The highest BCUT2D eigenvalue weighted by Gasteiger charge is 2.27. The molecule has 0 aromatic heterocycles. The molecule has 2 aliphatic heterocycles. The van der Waals surface area contributed by atoms with Gasteiger partial charge in [0.1, 0.15) is 0 Å². The van der Waals surface area contributed by atoms with Crippen molar-refractivity contribution in [1.82, 2.24) is 10.2 Å². The molecule has 0 aromatic rings. The van der Waals surface area contributed by atoms with Crippen molar-refractivity contribution in [3.05, 3.63) is 0 Å². The molecule has 0 saturated carbocycles. The van der Waals surface area contributed by atoms with Crippen molar-refractivity contribution in [1.29, 1.82) is 0 Å². The van der Waals surface area contributed by atoms with Gasteiger partial charge in [-0.1, -0.05) is 13.8 Å². The number of piperidine rings is 1. The van der Waals surface area contributed by atoms with Crippen LogP contribution in [0.15, 0.2) is 0 Å². The summed E-state index contributed by atoms with van der Waals surface area (Å²) in [6.07, 6.45) is 3.46. The zero-order valence-electron chi connectivity index (χ0n) is 11.6. The van der Waals surface area contributed by atoms with Crippen molar-refractivity contribution in [3.63, 3.8) is 0 Å². The van der Waals surface area contributed by atoms with Crippen molar-refractivity contribution < 1.29 is 8.42 Å². The van der Waals surface area contributed by atoms with Gasteiger partial charge in [0, 0.05) is 12.6 Å². The average Bonchev–Trinajstić information content (AvgIpc) is 2.26. The normalized spacial score (nSPS) is 32.2. The summed E-state index contributed by atoms with van der Waals surface area (Å²) in [7, 11) is -2.78. The molecule has 2 saturated heterocycles. The molecular weight excluding hydrogens is 248 g/mol. The lowest BCUT2D eigenvalue weighted by molar-refractivity contribution is 0.129. The molecular formula is C13H26N2O2S. The molecule has 18 heavy (non-hydrogen) atoms. The number of rotatable bonds is 3. The van der Waals surface area contributed by atoms with E-state index in [0.29, 0.717) is 23.5 Å². The Hall–Kier alpha value is -0.130. The van der Waals surface area contributed by atoms with Gasteiger partial charge in [0.2, 0.25) is 0 Å². The van der Waals surface area contributed by atoms with Crippen LogP contribution in [0.2, 0.25) is 0 Å². The molecule has 1 N–H and O–H groups in total. The standard InChI is InChI=1S/C13H26N2O2S/c1-13(2)4-8-15(9-5-13)7-3-12-11-18(16,17)10-6-14-12/h12,14H,3-11H2,1-2H3. The van der Waals surface area contributed by atoms with Gasteiger partial charge >= 0.3 is 0 Å². The highest BCUT2D eigenvalue weighted by atomic mass is 32.2. The summed E-state index contributed by atoms with van der Waals surface area (Å²) in [6.45, 7) is 8.64. The minimum atomic E-state index is -2.78. The monoisotopic (exact) mass is 274 g/mol. The summed E-state index contributed by atoms with van der Waals surface area (Å²) >= 11 is 0. The van der Waals surface area contributed by atoms with Crippen LogP contribution in [0.25, 0.3) is 0 Å². The molecule has 4 nitrogen and oxygen atoms in total. The minimum Gasteiger partial charge on any atom is -0.312 e. The maximum Gasteiger partial charge on any atom is 0.153 e. The third-order valence-corrected chi connectivity index (χ3v) is 6.04. The number of nitrogens with zero attached hydrogens (tertiary/aromatic N) is 1. The molecule has 106 valence electrons. The van der Waals surface area contributed by atoms with Crippen molar-refractivity contribution in [3.8, 4) is 0 Å². The van der Waals surface area contributed by atoms with Crippen LogP contribution in [0.5, 0.6) is 0 Å². The molecule has 0 aliphatic carbocycles. The smallest absolute Gasteiger partial charge is 0.153 e. The summed E-state index contributed by atoms with van der Waals surface area (Å²) in [6, 6.07) is 0.165. The highest BCUT2D eigenvalue weighted by Crippen LogP contribution is 2.29. The third-order valence-electron chi connectivity index (χ3n) is 4.30. The van der Waals surface area contributed by atoms with Gasteiger partial charge < -0.3 is 10.2 Å². The third kappa shape index (κ3) is 4.21. The molecule has 1 atom stereocenters. The number of hydrogen-bond acceptors (Lipinski definition) is 4. The second-order valence-corrected chi connectivity index (χ2v) is 8.79. The Morgan fingerprint density at radius 3 is 2.56 bits per heavy atom. The maximum absolute atomic E-state index is 11.5. The van der Waals surface area contributed by atoms with Crippen LogP contribution in [0.1, 0.15) is 33.1 Å². The van der Waals surface area contributed by atoms with Gasteiger partial charge in [0.25, 0.3) is 0 Å². The Morgan fingerprint density at radius 2 is 1.94 bits per heavy atom. The molecule has 2 rings (SSSR count). The Bertz CT molecular complexity index is 368. The maximum atomic E-state index is 11.5. The number of likely N-dealkylation sites (tertiary alicyclic amines) is 1. The number of hydrogen-bond donors (Lipinski definition) is 1. The van der Waals surface area contributed by atoms with Crippen LogP contribution in [0, 0.1) is 5.41 Å². The zero-order valence-corrected chi connectivity index (χ0v) is 12.4. The van der Waals surface area contributed by atoms with Gasteiger partial charge in [-0.2, -0.15) is 0 Å². The van der Waals surface area contributed by atoms with Crippen LogP contribution in [0.3, 0.4) is 0 Å². The van der Waals surface area contributed by atoms with E-state index >= 15 is 0 Å². The van der Waals surface area contributed by atoms with Crippen LogP contribution >= 0.6 is 0 Å². The van der Waals surface area contributed by atoms with Gasteiger partial charge in [0.15, 0.2) is 9.84 Å². The Labute approximate surface area is 111 Å². The first-order chi connectivity index (χ1) is 8.36. The van der Waals surface area contributed by atoms with Gasteiger partial charge in [-0.3, -0.25) is 0 Å². The summed E-state index contributed by atoms with van der Waals surface area (Å²) in [5.74, 6) is 0.633. The molecule has 5 heteroatoms. The Kier molecular flexibility index (Phi) is 4.34. The Morgan fingerprint density at radius 1 is 1.28 bits per heavy atom. The average molecular weight is 274 g/mol. The second-order valence-electron chi connectivity index (χ2n) is 6.56. The van der Waals surface area contributed by atoms with E-state index in [9.17, 15) is 8.42 Å². The fourth-order valence-corrected chi connectivity index (χ4v) is 4.27. The van der Waals surface area contributed by atoms with Crippen LogP contribution in [-0.4, -0.2) is 57.0 Å². The van der Waals surface area contributed by atoms with Gasteiger partial charge in [0.05, 0.1) is 11.5 Å². The summed E-state index contributed by atoms with van der Waals surface area (Å²) in [5.41, 5.74) is 0.489. The molecule has 0 radical (unpaired) electrons. The van der Waals surface area contributed by atoms with E-state index < -0.39 is 9.84 Å². The minimum absolute atomic E-state index is 0.165. The quantitative estimate of drug-likeness (QED) is 0.830. The van der Waals surface area contributed by atoms with E-state index in [2.05, 4.69) is 24.1 Å². The van der Waals surface area contributed by atoms with Crippen molar-refractivity contribution in [2.24, 2.45) is 5.41 Å². The molecule has 0 aromatic carbocycles. The van der Waals surface area contributed by atoms with E-state index in [-0.39, 0.29) is 6.04 Å². The highest BCUT2D eigenvalue weighted by molar-refractivity contribution is 7.91. The first-order valence-electron chi connectivity index (χ1n) is 7.03. The SMILES string of the molecule is CC1(C)CCN(CCC2CS(=O)(=O)CCN2)CC1. The van der Waals surface area contributed by atoms with E-state index in [1.54, 1.807) is 0 Å². The summed E-state index contributed by atoms with van der Waals surface area (Å²) < 4.78 is 23.1. The fraction of sp³-hybridized carbons (Fsp3) is 1.00. The van der Waals surface area contributed by atoms with Gasteiger partial charge in [-0.25, -0.2) is 8.42 Å². The molecule has 0 spiro atoms. The van der Waals surface area contributed by atoms with Gasteiger partial charge in [-0.15, -0.1) is 0 Å².